The SMILES string of the molecule is C=CCOC(C)(C)C[C@H]1C(=O)N[C@@H](C(C)C)C(=O)N(C)[C@@H](CC(C)C)C(=O)N[C@@H](C)C(=O)N[C@H](C)C(=O)N(C)[C@@H](CC(C)C)C(=O)N(C)[C@@H](CC(C)C)C(=O)N(C)[C@@H](C(C)C)C(=O)N(C)[C@@H]([C@H](O)[C@H](C)C/C=C/C)C(=O)N[C@@H](CC)C(=O)N(C)[C@H](CCCN(C)C)C(=O)N1C. The molecule has 11 amide bonds. The number of allylic oxidation sites excluding steroid dienone is 2. The van der Waals surface area contributed by atoms with Gasteiger partial charge in [0.25, 0.3) is 0 Å². The number of nitrogens with zero attached hydrogens (tertiary/aromatic N) is 8. The molecule has 1 fully saturated rings. The average Bonchev–Trinajstić information content (AvgIpc) is 0.817. The molecule has 0 radical (unpaired) electrons. The van der Waals surface area contributed by atoms with E-state index < -0.39 is 161 Å². The van der Waals surface area contributed by atoms with E-state index in [0.29, 0.717) is 19.4 Å². The summed E-state index contributed by atoms with van der Waals surface area (Å²) in [5, 5.41) is 23.5. The van der Waals surface area contributed by atoms with Crippen LogP contribution in [0.3, 0.4) is 0 Å². The van der Waals surface area contributed by atoms with E-state index in [2.05, 4.69) is 27.8 Å². The predicted molar refractivity (Wildman–Crippen MR) is 371 cm³/mol. The van der Waals surface area contributed by atoms with Crippen molar-refractivity contribution in [1.82, 2.24) is 60.5 Å². The van der Waals surface area contributed by atoms with Crippen molar-refractivity contribution in [2.24, 2.45) is 35.5 Å². The molecule has 0 aromatic rings. The number of amides is 11. The van der Waals surface area contributed by atoms with Crippen molar-refractivity contribution >= 4 is 65.0 Å². The van der Waals surface area contributed by atoms with Crippen LogP contribution in [-0.4, -0.2) is 264 Å². The minimum absolute atomic E-state index is 0.0129. The lowest BCUT2D eigenvalue weighted by atomic mass is 9.91. The largest absolute Gasteiger partial charge is 0.390 e. The third-order valence-electron chi connectivity index (χ3n) is 18.0. The van der Waals surface area contributed by atoms with E-state index >= 15 is 33.6 Å². The minimum Gasteiger partial charge on any atom is -0.390 e. The molecule has 25 nitrogen and oxygen atoms in total. The maximum Gasteiger partial charge on any atom is 0.246 e. The summed E-state index contributed by atoms with van der Waals surface area (Å²) in [6.45, 7) is 34.0. The Morgan fingerprint density at radius 1 is 0.537 bits per heavy atom. The van der Waals surface area contributed by atoms with E-state index in [4.69, 9.17) is 4.74 Å². The van der Waals surface area contributed by atoms with Crippen LogP contribution in [-0.2, 0) is 57.5 Å². The summed E-state index contributed by atoms with van der Waals surface area (Å²) in [4.78, 5) is 175. The molecule has 1 heterocycles. The van der Waals surface area contributed by atoms with Gasteiger partial charge in [-0.2, -0.15) is 0 Å². The molecule has 13 atom stereocenters. The maximum absolute atomic E-state index is 15.5. The maximum atomic E-state index is 15.5. The molecule has 0 aromatic heterocycles. The second kappa shape index (κ2) is 39.7. The number of rotatable bonds is 22. The number of hydrogen-bond donors (Lipinski definition) is 5. The van der Waals surface area contributed by atoms with Gasteiger partial charge in [0.1, 0.15) is 66.5 Å². The van der Waals surface area contributed by atoms with Crippen LogP contribution in [0.25, 0.3) is 0 Å². The van der Waals surface area contributed by atoms with Crippen molar-refractivity contribution in [3.63, 3.8) is 0 Å². The molecule has 5 N–H and O–H groups in total. The van der Waals surface area contributed by atoms with E-state index in [1.807, 2.05) is 66.6 Å². The van der Waals surface area contributed by atoms with Gasteiger partial charge in [-0.25, -0.2) is 0 Å². The molecule has 1 aliphatic heterocycles. The summed E-state index contributed by atoms with van der Waals surface area (Å²) in [6, 6.07) is -14.1. The van der Waals surface area contributed by atoms with Crippen molar-refractivity contribution in [3.8, 4) is 0 Å². The Labute approximate surface area is 569 Å². The summed E-state index contributed by atoms with van der Waals surface area (Å²) < 4.78 is 6.15. The molecule has 0 spiro atoms. The number of carbonyl (C=O) groups excluding carboxylic acids is 11. The van der Waals surface area contributed by atoms with Gasteiger partial charge < -0.3 is 70.3 Å². The van der Waals surface area contributed by atoms with Crippen LogP contribution >= 0.6 is 0 Å². The van der Waals surface area contributed by atoms with Crippen molar-refractivity contribution in [2.75, 3.05) is 76.6 Å². The second-order valence-corrected chi connectivity index (χ2v) is 29.2. The molecule has 25 heteroatoms. The van der Waals surface area contributed by atoms with E-state index in [9.17, 15) is 24.3 Å². The van der Waals surface area contributed by atoms with Gasteiger partial charge in [0.05, 0.1) is 18.3 Å². The molecule has 0 unspecified atom stereocenters. The van der Waals surface area contributed by atoms with Crippen molar-refractivity contribution < 1.29 is 62.6 Å². The van der Waals surface area contributed by atoms with Crippen LogP contribution in [0, 0.1) is 35.5 Å². The average molecular weight is 1340 g/mol. The summed E-state index contributed by atoms with van der Waals surface area (Å²) in [7, 11) is 13.7. The van der Waals surface area contributed by atoms with E-state index in [1.165, 1.54) is 92.6 Å². The first-order valence-electron chi connectivity index (χ1n) is 34.2. The highest BCUT2D eigenvalue weighted by molar-refractivity contribution is 6.00. The Morgan fingerprint density at radius 3 is 1.45 bits per heavy atom. The third-order valence-corrected chi connectivity index (χ3v) is 18.0. The number of likely N-dealkylation sites (N-methyl/N-ethyl adjacent to an activating group) is 7. The van der Waals surface area contributed by atoms with Gasteiger partial charge in [0, 0.05) is 55.8 Å². The molecular formula is C70H126N12O13. The molecule has 544 valence electrons. The zero-order chi connectivity index (χ0) is 73.6. The van der Waals surface area contributed by atoms with Crippen LogP contribution < -0.4 is 21.3 Å². The molecule has 0 aromatic carbocycles. The molecule has 95 heavy (non-hydrogen) atoms. The lowest BCUT2D eigenvalue weighted by molar-refractivity contribution is -0.157. The fourth-order valence-corrected chi connectivity index (χ4v) is 12.0. The van der Waals surface area contributed by atoms with Crippen LogP contribution in [0.1, 0.15) is 169 Å². The number of aliphatic hydroxyl groups is 1. The van der Waals surface area contributed by atoms with Gasteiger partial charge >= 0.3 is 0 Å². The summed E-state index contributed by atoms with van der Waals surface area (Å²) in [6.07, 6.45) is 4.66. The monoisotopic (exact) mass is 1340 g/mol. The quantitative estimate of drug-likeness (QED) is 0.0945. The number of ether oxygens (including phenoxy) is 1. The highest BCUT2D eigenvalue weighted by atomic mass is 16.5. The number of nitrogens with one attached hydrogen (secondary N) is 4. The van der Waals surface area contributed by atoms with Crippen molar-refractivity contribution in [1.29, 1.82) is 0 Å². The van der Waals surface area contributed by atoms with Crippen LogP contribution in [0.4, 0.5) is 0 Å². The molecule has 0 aliphatic carbocycles. The van der Waals surface area contributed by atoms with E-state index in [0.717, 1.165) is 4.90 Å². The third kappa shape index (κ3) is 25.2. The van der Waals surface area contributed by atoms with Crippen molar-refractivity contribution in [3.05, 3.63) is 24.8 Å². The molecule has 0 saturated carbocycles. The van der Waals surface area contributed by atoms with Gasteiger partial charge in [0.15, 0.2) is 0 Å². The smallest absolute Gasteiger partial charge is 0.246 e. The first-order valence-corrected chi connectivity index (χ1v) is 34.2. The fraction of sp³-hybridized carbons (Fsp3) is 0.786. The Hall–Kier alpha value is -6.47. The number of carbonyl (C=O) groups is 11. The standard InChI is InChI=1S/C70H126N12O13/c1-28-31-33-46(14)58(83)57-62(87)73-49(30-3)64(89)76(21)50(34-32-35-75(19)20)65(90)80(25)54(40-70(17,18)95-36-29-2)61(86)74-55(44(10)11)68(93)77(22)51(37-41(4)5)60(85)71-47(15)59(84)72-48(16)63(88)78(23)52(38-42(6)7)66(91)79(24)53(39-43(8)9)67(92)81(26)56(45(12)13)69(94)82(57)27/h28-29,31,41-58,83H,2,30,32-40H2,1,3-27H3,(H,71,85)(H,72,84)(H,73,87)(H,74,86)/b31-28+/t46-,47+,48-,49+,50-,51+,52+,53+,54+,55+,56+,57+,58-/m1/s1. The van der Waals surface area contributed by atoms with Gasteiger partial charge in [-0.05, 0) is 136 Å². The van der Waals surface area contributed by atoms with Gasteiger partial charge in [-0.3, -0.25) is 52.7 Å². The zero-order valence-electron chi connectivity index (χ0n) is 62.8. The Kier molecular flexibility index (Phi) is 36.1. The normalized spacial score (nSPS) is 26.3. The first-order chi connectivity index (χ1) is 43.9. The zero-order valence-corrected chi connectivity index (χ0v) is 62.8. The minimum atomic E-state index is -1.65. The predicted octanol–water partition coefficient (Wildman–Crippen LogP) is 4.30. The summed E-state index contributed by atoms with van der Waals surface area (Å²) >= 11 is 0. The van der Waals surface area contributed by atoms with Crippen LogP contribution in [0.15, 0.2) is 24.8 Å². The molecule has 1 aliphatic rings. The van der Waals surface area contributed by atoms with Crippen LogP contribution in [0.2, 0.25) is 0 Å². The molecule has 1 saturated heterocycles. The van der Waals surface area contributed by atoms with Gasteiger partial charge in [-0.15, -0.1) is 6.58 Å². The Balaban J connectivity index is 4.62. The van der Waals surface area contributed by atoms with Crippen molar-refractivity contribution in [2.45, 2.75) is 247 Å². The van der Waals surface area contributed by atoms with Gasteiger partial charge in [0.2, 0.25) is 65.0 Å². The van der Waals surface area contributed by atoms with E-state index in [-0.39, 0.29) is 62.9 Å². The Bertz CT molecular complexity index is 2610. The van der Waals surface area contributed by atoms with Gasteiger partial charge in [-0.1, -0.05) is 101 Å². The molecule has 1 rings (SSSR count). The summed E-state index contributed by atoms with van der Waals surface area (Å²) in [5.41, 5.74) is -1.10. The Morgan fingerprint density at radius 2 is 0.979 bits per heavy atom. The molecular weight excluding hydrogens is 1220 g/mol. The lowest BCUT2D eigenvalue weighted by Gasteiger charge is -2.41. The lowest BCUT2D eigenvalue weighted by Crippen LogP contribution is -2.64. The fourth-order valence-electron chi connectivity index (χ4n) is 12.0. The number of aliphatic hydroxyl groups excluding tert-OH is 1. The van der Waals surface area contributed by atoms with E-state index in [1.54, 1.807) is 74.5 Å². The first kappa shape index (κ1) is 86.5. The highest BCUT2D eigenvalue weighted by Gasteiger charge is 2.47. The molecule has 0 bridgehead atoms. The highest BCUT2D eigenvalue weighted by Crippen LogP contribution is 2.27. The number of hydrogen-bond acceptors (Lipinski definition) is 14. The second-order valence-electron chi connectivity index (χ2n) is 29.2. The topological polar surface area (TPSA) is 291 Å². The summed E-state index contributed by atoms with van der Waals surface area (Å²) in [5.74, 6) is -9.99. The van der Waals surface area contributed by atoms with Crippen LogP contribution in [0.5, 0.6) is 0 Å².